The summed E-state index contributed by atoms with van der Waals surface area (Å²) in [5.41, 5.74) is 1.13. The molecule has 0 unspecified atom stereocenters. The molecule has 1 aliphatic carbocycles. The van der Waals surface area contributed by atoms with E-state index in [1.54, 1.807) is 17.4 Å². The van der Waals surface area contributed by atoms with E-state index in [1.165, 1.54) is 24.2 Å². The van der Waals surface area contributed by atoms with Crippen LogP contribution in [0.2, 0.25) is 0 Å². The average Bonchev–Trinajstić information content (AvgIpc) is 2.98. The normalized spacial score (nSPS) is 15.5. The van der Waals surface area contributed by atoms with Crippen molar-refractivity contribution in [2.45, 2.75) is 43.1 Å². The maximum atomic E-state index is 12.3. The van der Waals surface area contributed by atoms with E-state index in [9.17, 15) is 8.42 Å². The van der Waals surface area contributed by atoms with Gasteiger partial charge in [-0.2, -0.15) is 0 Å². The molecule has 2 aromatic rings. The lowest BCUT2D eigenvalue weighted by atomic mass is 10.3. The number of hydrogen-bond donors (Lipinski definition) is 2. The summed E-state index contributed by atoms with van der Waals surface area (Å²) in [6.45, 7) is 3.11. The third-order valence-electron chi connectivity index (χ3n) is 3.44. The summed E-state index contributed by atoms with van der Waals surface area (Å²) in [6.07, 6.45) is 2.47. The SMILES string of the molecule is Cc1ccsc1CNS(=O)(=O)c1ccc(CNC2CC2)s1. The van der Waals surface area contributed by atoms with Crippen molar-refractivity contribution in [1.29, 1.82) is 0 Å². The highest BCUT2D eigenvalue weighted by Crippen LogP contribution is 2.24. The van der Waals surface area contributed by atoms with E-state index in [-0.39, 0.29) is 0 Å². The summed E-state index contributed by atoms with van der Waals surface area (Å²) in [5.74, 6) is 0. The molecular weight excluding hydrogens is 324 g/mol. The Kier molecular flexibility index (Phi) is 4.46. The molecule has 4 nitrogen and oxygen atoms in total. The van der Waals surface area contributed by atoms with Crippen molar-refractivity contribution in [1.82, 2.24) is 10.0 Å². The first-order valence-electron chi connectivity index (χ1n) is 6.89. The van der Waals surface area contributed by atoms with Gasteiger partial charge in [0.15, 0.2) is 0 Å². The summed E-state index contributed by atoms with van der Waals surface area (Å²) in [7, 11) is -3.41. The summed E-state index contributed by atoms with van der Waals surface area (Å²) < 4.78 is 27.6. The first kappa shape index (κ1) is 15.2. The predicted octanol–water partition coefficient (Wildman–Crippen LogP) is 2.85. The zero-order valence-corrected chi connectivity index (χ0v) is 14.2. The van der Waals surface area contributed by atoms with E-state index in [2.05, 4.69) is 10.0 Å². The number of nitrogens with one attached hydrogen (secondary N) is 2. The molecule has 0 spiro atoms. The van der Waals surface area contributed by atoms with Crippen molar-refractivity contribution in [3.63, 3.8) is 0 Å². The fourth-order valence-corrected chi connectivity index (χ4v) is 5.23. The van der Waals surface area contributed by atoms with Crippen LogP contribution in [0.5, 0.6) is 0 Å². The van der Waals surface area contributed by atoms with Gasteiger partial charge in [0.1, 0.15) is 4.21 Å². The van der Waals surface area contributed by atoms with Crippen molar-refractivity contribution >= 4 is 32.7 Å². The fourth-order valence-electron chi connectivity index (χ4n) is 1.95. The number of sulfonamides is 1. The van der Waals surface area contributed by atoms with E-state index >= 15 is 0 Å². The molecule has 3 rings (SSSR count). The van der Waals surface area contributed by atoms with Crippen molar-refractivity contribution in [2.75, 3.05) is 0 Å². The Morgan fingerprint density at radius 2 is 2.05 bits per heavy atom. The maximum absolute atomic E-state index is 12.3. The molecule has 21 heavy (non-hydrogen) atoms. The minimum Gasteiger partial charge on any atom is -0.309 e. The Morgan fingerprint density at radius 1 is 1.24 bits per heavy atom. The molecule has 0 atom stereocenters. The van der Waals surface area contributed by atoms with Crippen LogP contribution in [0.25, 0.3) is 0 Å². The van der Waals surface area contributed by atoms with Crippen LogP contribution >= 0.6 is 22.7 Å². The summed E-state index contributed by atoms with van der Waals surface area (Å²) in [6, 6.07) is 6.22. The van der Waals surface area contributed by atoms with Crippen LogP contribution in [-0.2, 0) is 23.1 Å². The van der Waals surface area contributed by atoms with Crippen LogP contribution in [0.3, 0.4) is 0 Å². The first-order chi connectivity index (χ1) is 10.0. The lowest BCUT2D eigenvalue weighted by molar-refractivity contribution is 0.584. The Morgan fingerprint density at radius 3 is 2.71 bits per heavy atom. The van der Waals surface area contributed by atoms with E-state index < -0.39 is 10.0 Å². The van der Waals surface area contributed by atoms with E-state index in [0.717, 1.165) is 21.9 Å². The second-order valence-electron chi connectivity index (χ2n) is 5.23. The Balaban J connectivity index is 1.62. The first-order valence-corrected chi connectivity index (χ1v) is 10.1. The second-order valence-corrected chi connectivity index (χ2v) is 9.39. The molecule has 1 saturated carbocycles. The summed E-state index contributed by atoms with van der Waals surface area (Å²) in [4.78, 5) is 2.13. The van der Waals surface area contributed by atoms with Crippen LogP contribution in [0.1, 0.15) is 28.2 Å². The van der Waals surface area contributed by atoms with Crippen LogP contribution in [0, 0.1) is 6.92 Å². The van der Waals surface area contributed by atoms with Gasteiger partial charge in [-0.15, -0.1) is 22.7 Å². The van der Waals surface area contributed by atoms with Gasteiger partial charge in [0.25, 0.3) is 0 Å². The molecule has 0 radical (unpaired) electrons. The minimum absolute atomic E-state index is 0.361. The molecule has 0 aromatic carbocycles. The molecule has 114 valence electrons. The predicted molar refractivity (Wildman–Crippen MR) is 87.3 cm³/mol. The van der Waals surface area contributed by atoms with Gasteiger partial charge in [-0.1, -0.05) is 0 Å². The molecule has 0 bridgehead atoms. The molecule has 0 saturated heterocycles. The van der Waals surface area contributed by atoms with Gasteiger partial charge < -0.3 is 5.32 Å². The number of thiophene rings is 2. The zero-order valence-electron chi connectivity index (χ0n) is 11.8. The van der Waals surface area contributed by atoms with Crippen LogP contribution in [0.15, 0.2) is 27.8 Å². The molecule has 1 fully saturated rings. The van der Waals surface area contributed by atoms with E-state index in [1.807, 2.05) is 24.4 Å². The second kappa shape index (κ2) is 6.18. The van der Waals surface area contributed by atoms with E-state index in [0.29, 0.717) is 16.8 Å². The van der Waals surface area contributed by atoms with Gasteiger partial charge in [-0.05, 0) is 48.9 Å². The molecule has 7 heteroatoms. The number of aryl methyl sites for hydroxylation is 1. The molecule has 2 aromatic heterocycles. The van der Waals surface area contributed by atoms with Crippen molar-refractivity contribution in [3.05, 3.63) is 38.9 Å². The standard InChI is InChI=1S/C14H18N2O2S3/c1-10-6-7-19-13(10)9-16-21(17,18)14-5-4-12(20-14)8-15-11-2-3-11/h4-7,11,15-16H,2-3,8-9H2,1H3. The summed E-state index contributed by atoms with van der Waals surface area (Å²) >= 11 is 2.92. The molecular formula is C14H18N2O2S3. The van der Waals surface area contributed by atoms with Gasteiger partial charge in [-0.3, -0.25) is 0 Å². The number of rotatable bonds is 7. The lowest BCUT2D eigenvalue weighted by Gasteiger charge is -2.04. The number of hydrogen-bond acceptors (Lipinski definition) is 5. The molecule has 0 aliphatic heterocycles. The highest BCUT2D eigenvalue weighted by molar-refractivity contribution is 7.91. The molecule has 2 N–H and O–H groups in total. The van der Waals surface area contributed by atoms with Gasteiger partial charge in [0.05, 0.1) is 0 Å². The largest absolute Gasteiger partial charge is 0.309 e. The zero-order chi connectivity index (χ0) is 14.9. The van der Waals surface area contributed by atoms with Crippen LogP contribution in [0.4, 0.5) is 0 Å². The minimum atomic E-state index is -3.41. The molecule has 1 aliphatic rings. The van der Waals surface area contributed by atoms with Gasteiger partial charge in [0.2, 0.25) is 10.0 Å². The fraction of sp³-hybridized carbons (Fsp3) is 0.429. The highest BCUT2D eigenvalue weighted by Gasteiger charge is 2.21. The topological polar surface area (TPSA) is 58.2 Å². The Hall–Kier alpha value is -0.730. The van der Waals surface area contributed by atoms with Crippen LogP contribution in [-0.4, -0.2) is 14.5 Å². The van der Waals surface area contributed by atoms with Crippen molar-refractivity contribution in [2.24, 2.45) is 0 Å². The van der Waals surface area contributed by atoms with Crippen molar-refractivity contribution < 1.29 is 8.42 Å². The lowest BCUT2D eigenvalue weighted by Crippen LogP contribution is -2.22. The third kappa shape index (κ3) is 3.92. The van der Waals surface area contributed by atoms with Crippen LogP contribution < -0.4 is 10.0 Å². The highest BCUT2D eigenvalue weighted by atomic mass is 32.2. The van der Waals surface area contributed by atoms with Gasteiger partial charge in [-0.25, -0.2) is 13.1 Å². The maximum Gasteiger partial charge on any atom is 0.250 e. The molecule has 2 heterocycles. The smallest absolute Gasteiger partial charge is 0.250 e. The van der Waals surface area contributed by atoms with Gasteiger partial charge >= 0.3 is 0 Å². The van der Waals surface area contributed by atoms with Crippen molar-refractivity contribution in [3.8, 4) is 0 Å². The monoisotopic (exact) mass is 342 g/mol. The Bertz CT molecular complexity index is 714. The average molecular weight is 343 g/mol. The Labute approximate surface area is 133 Å². The third-order valence-corrected chi connectivity index (χ3v) is 7.44. The van der Waals surface area contributed by atoms with Gasteiger partial charge in [0, 0.05) is 28.9 Å². The quantitative estimate of drug-likeness (QED) is 0.813. The molecule has 0 amide bonds. The van der Waals surface area contributed by atoms with E-state index in [4.69, 9.17) is 0 Å². The summed E-state index contributed by atoms with van der Waals surface area (Å²) in [5, 5.41) is 5.37.